The Kier molecular flexibility index (Phi) is 3.52. The Labute approximate surface area is 109 Å². The van der Waals surface area contributed by atoms with E-state index in [1.165, 1.54) is 0 Å². The highest BCUT2D eigenvalue weighted by molar-refractivity contribution is 6.35. The third-order valence-electron chi connectivity index (χ3n) is 2.33. The van der Waals surface area contributed by atoms with Crippen LogP contribution in [0.25, 0.3) is 11.3 Å². The van der Waals surface area contributed by atoms with Gasteiger partial charge in [-0.1, -0.05) is 23.2 Å². The van der Waals surface area contributed by atoms with Crippen molar-refractivity contribution in [2.45, 2.75) is 6.61 Å². The largest absolute Gasteiger partial charge is 0.397 e. The molecule has 0 aliphatic heterocycles. The number of hydrogen-bond acceptors (Lipinski definition) is 3. The predicted molar refractivity (Wildman–Crippen MR) is 70.0 cm³/mol. The van der Waals surface area contributed by atoms with Gasteiger partial charge in [0.2, 0.25) is 0 Å². The number of halogens is 2. The van der Waals surface area contributed by atoms with Crippen LogP contribution < -0.4 is 5.73 Å². The second-order valence-corrected chi connectivity index (χ2v) is 4.37. The van der Waals surface area contributed by atoms with Crippen molar-refractivity contribution in [1.82, 2.24) is 4.98 Å². The van der Waals surface area contributed by atoms with Crippen LogP contribution in [0.3, 0.4) is 0 Å². The molecular weight excluding hydrogens is 259 g/mol. The number of pyridine rings is 1. The van der Waals surface area contributed by atoms with Gasteiger partial charge in [0.15, 0.2) is 0 Å². The Morgan fingerprint density at radius 3 is 2.65 bits per heavy atom. The van der Waals surface area contributed by atoms with Crippen molar-refractivity contribution in [3.8, 4) is 11.3 Å². The first-order chi connectivity index (χ1) is 8.11. The van der Waals surface area contributed by atoms with Gasteiger partial charge < -0.3 is 10.8 Å². The second kappa shape index (κ2) is 4.92. The molecule has 0 atom stereocenters. The van der Waals surface area contributed by atoms with Gasteiger partial charge in [-0.25, -0.2) is 4.98 Å². The molecular formula is C12H10Cl2N2O. The molecule has 1 aromatic heterocycles. The smallest absolute Gasteiger partial charge is 0.0950 e. The van der Waals surface area contributed by atoms with Crippen LogP contribution in [0, 0.1) is 0 Å². The summed E-state index contributed by atoms with van der Waals surface area (Å²) in [6.07, 6.45) is 0. The summed E-state index contributed by atoms with van der Waals surface area (Å²) in [5, 5.41) is 10.1. The summed E-state index contributed by atoms with van der Waals surface area (Å²) in [4.78, 5) is 4.24. The van der Waals surface area contributed by atoms with Crippen LogP contribution in [0.4, 0.5) is 5.69 Å². The number of benzene rings is 1. The predicted octanol–water partition coefficient (Wildman–Crippen LogP) is 3.13. The molecule has 0 amide bonds. The summed E-state index contributed by atoms with van der Waals surface area (Å²) < 4.78 is 0. The van der Waals surface area contributed by atoms with Gasteiger partial charge in [0.05, 0.1) is 28.7 Å². The number of aliphatic hydroxyl groups excluding tert-OH is 1. The molecule has 17 heavy (non-hydrogen) atoms. The lowest BCUT2D eigenvalue weighted by Gasteiger charge is -2.09. The van der Waals surface area contributed by atoms with Crippen LogP contribution in [0.1, 0.15) is 5.69 Å². The van der Waals surface area contributed by atoms with E-state index in [-0.39, 0.29) is 6.61 Å². The van der Waals surface area contributed by atoms with E-state index < -0.39 is 0 Å². The average Bonchev–Trinajstić information content (AvgIpc) is 2.33. The molecule has 0 aliphatic carbocycles. The second-order valence-electron chi connectivity index (χ2n) is 3.52. The normalized spacial score (nSPS) is 10.5. The van der Waals surface area contributed by atoms with Crippen LogP contribution in [0.15, 0.2) is 30.3 Å². The Hall–Kier alpha value is -1.29. The highest BCUT2D eigenvalue weighted by atomic mass is 35.5. The molecule has 1 aromatic carbocycles. The maximum atomic E-state index is 9.06. The maximum absolute atomic E-state index is 9.06. The van der Waals surface area contributed by atoms with Gasteiger partial charge in [-0.15, -0.1) is 0 Å². The summed E-state index contributed by atoms with van der Waals surface area (Å²) >= 11 is 12.0. The van der Waals surface area contributed by atoms with E-state index in [0.717, 1.165) is 0 Å². The monoisotopic (exact) mass is 268 g/mol. The van der Waals surface area contributed by atoms with E-state index in [2.05, 4.69) is 4.98 Å². The SMILES string of the molecule is Nc1ccc(CO)nc1-c1cc(Cl)ccc1Cl. The van der Waals surface area contributed by atoms with E-state index in [9.17, 15) is 0 Å². The van der Waals surface area contributed by atoms with Gasteiger partial charge in [0.1, 0.15) is 0 Å². The van der Waals surface area contributed by atoms with E-state index in [1.807, 2.05) is 0 Å². The van der Waals surface area contributed by atoms with Crippen molar-refractivity contribution in [2.24, 2.45) is 0 Å². The molecule has 0 spiro atoms. The van der Waals surface area contributed by atoms with E-state index in [4.69, 9.17) is 34.0 Å². The van der Waals surface area contributed by atoms with Crippen LogP contribution in [0.2, 0.25) is 10.0 Å². The van der Waals surface area contributed by atoms with Crippen molar-refractivity contribution in [2.75, 3.05) is 5.73 Å². The fraction of sp³-hybridized carbons (Fsp3) is 0.0833. The number of aliphatic hydroxyl groups is 1. The third-order valence-corrected chi connectivity index (χ3v) is 2.89. The molecule has 0 fully saturated rings. The lowest BCUT2D eigenvalue weighted by Crippen LogP contribution is -1.98. The van der Waals surface area contributed by atoms with E-state index in [0.29, 0.717) is 32.7 Å². The van der Waals surface area contributed by atoms with Gasteiger partial charge in [0, 0.05) is 10.6 Å². The molecule has 0 saturated carbocycles. The molecule has 0 radical (unpaired) electrons. The number of rotatable bonds is 2. The first kappa shape index (κ1) is 12.2. The number of nitrogen functional groups attached to an aromatic ring is 1. The van der Waals surface area contributed by atoms with Gasteiger partial charge in [0.25, 0.3) is 0 Å². The molecule has 2 rings (SSSR count). The highest BCUT2D eigenvalue weighted by Gasteiger charge is 2.10. The molecule has 1 heterocycles. The summed E-state index contributed by atoms with van der Waals surface area (Å²) in [6.45, 7) is -0.147. The minimum Gasteiger partial charge on any atom is -0.397 e. The van der Waals surface area contributed by atoms with E-state index in [1.54, 1.807) is 30.3 Å². The fourth-order valence-corrected chi connectivity index (χ4v) is 1.87. The van der Waals surface area contributed by atoms with Gasteiger partial charge in [-0.05, 0) is 30.3 Å². The Morgan fingerprint density at radius 1 is 1.18 bits per heavy atom. The number of nitrogens with zero attached hydrogens (tertiary/aromatic N) is 1. The Bertz CT molecular complexity index is 558. The summed E-state index contributed by atoms with van der Waals surface area (Å²) in [5.41, 5.74) is 8.06. The first-order valence-corrected chi connectivity index (χ1v) is 5.69. The highest BCUT2D eigenvalue weighted by Crippen LogP contribution is 2.32. The van der Waals surface area contributed by atoms with Crippen LogP contribution in [0.5, 0.6) is 0 Å². The average molecular weight is 269 g/mol. The zero-order valence-electron chi connectivity index (χ0n) is 8.82. The molecule has 2 aromatic rings. The van der Waals surface area contributed by atoms with Crippen LogP contribution in [-0.2, 0) is 6.61 Å². The molecule has 88 valence electrons. The van der Waals surface area contributed by atoms with Crippen molar-refractivity contribution in [1.29, 1.82) is 0 Å². The number of aromatic nitrogens is 1. The molecule has 3 nitrogen and oxygen atoms in total. The Morgan fingerprint density at radius 2 is 1.94 bits per heavy atom. The minimum atomic E-state index is -0.147. The van der Waals surface area contributed by atoms with Crippen molar-refractivity contribution in [3.05, 3.63) is 46.1 Å². The van der Waals surface area contributed by atoms with Gasteiger partial charge >= 0.3 is 0 Å². The number of anilines is 1. The van der Waals surface area contributed by atoms with Crippen molar-refractivity contribution < 1.29 is 5.11 Å². The molecule has 5 heteroatoms. The Balaban J connectivity index is 2.62. The van der Waals surface area contributed by atoms with E-state index >= 15 is 0 Å². The zero-order chi connectivity index (χ0) is 12.4. The van der Waals surface area contributed by atoms with Crippen molar-refractivity contribution in [3.63, 3.8) is 0 Å². The van der Waals surface area contributed by atoms with Crippen LogP contribution >= 0.6 is 23.2 Å². The quantitative estimate of drug-likeness (QED) is 0.880. The van der Waals surface area contributed by atoms with Gasteiger partial charge in [-0.3, -0.25) is 0 Å². The summed E-state index contributed by atoms with van der Waals surface area (Å²) in [5.74, 6) is 0. The molecule has 0 aliphatic rings. The summed E-state index contributed by atoms with van der Waals surface area (Å²) in [6, 6.07) is 8.43. The third kappa shape index (κ3) is 2.52. The minimum absolute atomic E-state index is 0.147. The molecule has 3 N–H and O–H groups in total. The van der Waals surface area contributed by atoms with Crippen molar-refractivity contribution >= 4 is 28.9 Å². The molecule has 0 saturated heterocycles. The van der Waals surface area contributed by atoms with Gasteiger partial charge in [-0.2, -0.15) is 0 Å². The first-order valence-electron chi connectivity index (χ1n) is 4.93. The number of hydrogen-bond donors (Lipinski definition) is 2. The lowest BCUT2D eigenvalue weighted by atomic mass is 10.1. The maximum Gasteiger partial charge on any atom is 0.0950 e. The topological polar surface area (TPSA) is 59.1 Å². The number of nitrogens with two attached hydrogens (primary N) is 1. The lowest BCUT2D eigenvalue weighted by molar-refractivity contribution is 0.277. The molecule has 0 unspecified atom stereocenters. The zero-order valence-corrected chi connectivity index (χ0v) is 10.3. The molecule has 0 bridgehead atoms. The standard InChI is InChI=1S/C12H10Cl2N2O/c13-7-1-3-10(14)9(5-7)12-11(15)4-2-8(6-17)16-12/h1-5,17H,6,15H2. The van der Waals surface area contributed by atoms with Crippen LogP contribution in [-0.4, -0.2) is 10.1 Å². The summed E-state index contributed by atoms with van der Waals surface area (Å²) in [7, 11) is 0. The fourth-order valence-electron chi connectivity index (χ4n) is 1.49.